The molecule has 1 aliphatic heterocycles. The van der Waals surface area contributed by atoms with Crippen LogP contribution < -0.4 is 4.74 Å². The zero-order chi connectivity index (χ0) is 27.8. The number of ether oxygens (including phenoxy) is 2. The molecule has 2 unspecified atom stereocenters. The molecule has 0 saturated carbocycles. The monoisotopic (exact) mass is 688 g/mol. The van der Waals surface area contributed by atoms with E-state index in [2.05, 4.69) is 11.5 Å². The van der Waals surface area contributed by atoms with Crippen LogP contribution in [0.3, 0.4) is 0 Å². The predicted octanol–water partition coefficient (Wildman–Crippen LogP) is 9.43. The Morgan fingerprint density at radius 2 is 1.70 bits per heavy atom. The van der Waals surface area contributed by atoms with E-state index in [0.29, 0.717) is 40.5 Å². The van der Waals surface area contributed by atoms with Crippen molar-refractivity contribution in [3.05, 3.63) is 123 Å². The average molecular weight is 691 g/mol. The van der Waals surface area contributed by atoms with Crippen molar-refractivity contribution in [2.75, 3.05) is 19.8 Å². The minimum absolute atomic E-state index is 0. The molecule has 0 spiro atoms. The zero-order valence-corrected chi connectivity index (χ0v) is 26.4. The van der Waals surface area contributed by atoms with Crippen LogP contribution in [0.2, 0.25) is 15.1 Å². The van der Waals surface area contributed by atoms with E-state index in [9.17, 15) is 4.39 Å². The molecule has 0 amide bonds. The maximum atomic E-state index is 13.6. The van der Waals surface area contributed by atoms with Gasteiger partial charge in [-0.25, -0.2) is 4.39 Å². The zero-order valence-electron chi connectivity index (χ0n) is 21.6. The summed E-state index contributed by atoms with van der Waals surface area (Å²) in [7, 11) is 0. The van der Waals surface area contributed by atoms with Crippen LogP contribution in [0.25, 0.3) is 0 Å². The number of nitrogens with zero attached hydrogens (tertiary/aromatic N) is 2. The first-order valence-electron chi connectivity index (χ1n) is 12.5. The summed E-state index contributed by atoms with van der Waals surface area (Å²) < 4.78 is 25.8. The Balaban J connectivity index is 0.00000441. The van der Waals surface area contributed by atoms with Crippen molar-refractivity contribution in [2.45, 2.75) is 31.1 Å². The van der Waals surface area contributed by atoms with Crippen LogP contribution in [-0.4, -0.2) is 35.1 Å². The lowest BCUT2D eigenvalue weighted by molar-refractivity contribution is 0.00672. The van der Waals surface area contributed by atoms with Gasteiger partial charge in [-0.1, -0.05) is 70.7 Å². The molecule has 1 heterocycles. The van der Waals surface area contributed by atoms with Crippen LogP contribution in [-0.2, 0) is 17.8 Å². The van der Waals surface area contributed by atoms with Gasteiger partial charge in [0.25, 0.3) is 0 Å². The van der Waals surface area contributed by atoms with E-state index in [1.807, 2.05) is 47.6 Å². The van der Waals surface area contributed by atoms with Gasteiger partial charge in [-0.2, -0.15) is 0 Å². The molecule has 0 N–H and O–H groups in total. The molecule has 2 atom stereocenters. The van der Waals surface area contributed by atoms with Crippen LogP contribution >= 0.6 is 63.4 Å². The highest BCUT2D eigenvalue weighted by molar-refractivity contribution is 8.93. The number of rotatable bonds is 13. The normalized spacial score (nSPS) is 14.1. The molecule has 214 valence electrons. The Kier molecular flexibility index (Phi) is 13.0. The number of hydrogen-bond acceptors (Lipinski definition) is 4. The summed E-state index contributed by atoms with van der Waals surface area (Å²) >= 11 is 25.5. The highest BCUT2D eigenvalue weighted by atomic mass is 79.9. The Morgan fingerprint density at radius 3 is 2.42 bits per heavy atom. The summed E-state index contributed by atoms with van der Waals surface area (Å²) in [4.78, 5) is 4.18. The Hall–Kier alpha value is -1.93. The van der Waals surface area contributed by atoms with Gasteiger partial charge < -0.3 is 19.3 Å². The molecule has 0 saturated heterocycles. The van der Waals surface area contributed by atoms with Crippen molar-refractivity contribution in [1.82, 2.24) is 9.80 Å². The predicted molar refractivity (Wildman–Crippen MR) is 168 cm³/mol. The van der Waals surface area contributed by atoms with Crippen LogP contribution in [0, 0.1) is 5.82 Å². The van der Waals surface area contributed by atoms with Gasteiger partial charge in [0.15, 0.2) is 0 Å². The number of hydrogen-bond donors (Lipinski definition) is 0. The van der Waals surface area contributed by atoms with Crippen LogP contribution in [0.1, 0.15) is 29.2 Å². The summed E-state index contributed by atoms with van der Waals surface area (Å²) in [5.41, 5.74) is 2.02. The largest absolute Gasteiger partial charge is 0.493 e. The van der Waals surface area contributed by atoms with Gasteiger partial charge in [0.05, 0.1) is 19.9 Å². The van der Waals surface area contributed by atoms with Gasteiger partial charge in [0.2, 0.25) is 0 Å². The van der Waals surface area contributed by atoms with E-state index in [-0.39, 0.29) is 29.4 Å². The molecule has 0 bridgehead atoms. The molecule has 3 aromatic rings. The molecule has 10 heteroatoms. The van der Waals surface area contributed by atoms with Crippen LogP contribution in [0.4, 0.5) is 4.39 Å². The van der Waals surface area contributed by atoms with Crippen molar-refractivity contribution in [2.24, 2.45) is 0 Å². The summed E-state index contributed by atoms with van der Waals surface area (Å²) in [6.45, 7) is 5.87. The summed E-state index contributed by atoms with van der Waals surface area (Å²) in [5, 5.41) is 1.74. The maximum Gasteiger partial charge on any atom is 0.135 e. The fourth-order valence-corrected chi connectivity index (χ4v) is 5.16. The minimum Gasteiger partial charge on any atom is -0.493 e. The van der Waals surface area contributed by atoms with E-state index >= 15 is 0 Å². The first-order valence-corrected chi connectivity index (χ1v) is 14.1. The third-order valence-corrected chi connectivity index (χ3v) is 7.57. The summed E-state index contributed by atoms with van der Waals surface area (Å²) in [5.74, 6) is 0.397. The minimum atomic E-state index is -0.490. The lowest BCUT2D eigenvalue weighted by Crippen LogP contribution is -2.36. The molecule has 40 heavy (non-hydrogen) atoms. The molecule has 4 rings (SSSR count). The second-order valence-electron chi connectivity index (χ2n) is 9.10. The molecular formula is C30H30BrCl4FN2O2. The second kappa shape index (κ2) is 15.9. The van der Waals surface area contributed by atoms with Gasteiger partial charge in [0.1, 0.15) is 23.2 Å². The Labute approximate surface area is 265 Å². The highest BCUT2D eigenvalue weighted by Crippen LogP contribution is 2.33. The number of halogens is 6. The highest BCUT2D eigenvalue weighted by Gasteiger charge is 2.29. The fourth-order valence-electron chi connectivity index (χ4n) is 4.22. The van der Waals surface area contributed by atoms with Gasteiger partial charge in [0, 0.05) is 39.6 Å². The quantitative estimate of drug-likeness (QED) is 0.0772. The number of allylic oxidation sites excluding steroid dienone is 1. The van der Waals surface area contributed by atoms with E-state index in [1.54, 1.807) is 24.3 Å². The van der Waals surface area contributed by atoms with Crippen molar-refractivity contribution >= 4 is 63.4 Å². The first-order chi connectivity index (χ1) is 18.8. The molecule has 0 aliphatic carbocycles. The molecular weight excluding hydrogens is 661 g/mol. The van der Waals surface area contributed by atoms with Crippen molar-refractivity contribution in [3.8, 4) is 5.75 Å². The van der Waals surface area contributed by atoms with E-state index in [1.165, 1.54) is 12.1 Å². The average Bonchev–Trinajstić information content (AvgIpc) is 3.39. The Morgan fingerprint density at radius 1 is 0.950 bits per heavy atom. The van der Waals surface area contributed by atoms with Crippen LogP contribution in [0.15, 0.2) is 85.7 Å². The van der Waals surface area contributed by atoms with E-state index < -0.39 is 11.6 Å². The van der Waals surface area contributed by atoms with E-state index in [0.717, 1.165) is 29.7 Å². The molecule has 0 fully saturated rings. The standard InChI is InChI=1S/C30H29Cl4FN2O2.BrH/c1-2-4-22-17-26(35)11-12-28(22)38-16-3-13-36-14-15-37(20-36)30(34)29(21-5-8-24(31)9-6-21)39-19-23-7-10-25(32)18-27(23)33;/h2,5-12,14-15,17-18,29-30H,1,3-4,13,16,19-20H2;1H. The molecule has 0 aromatic heterocycles. The third-order valence-electron chi connectivity index (χ3n) is 6.25. The first kappa shape index (κ1) is 32.6. The number of benzene rings is 3. The van der Waals surface area contributed by atoms with Gasteiger partial charge in [-0.3, -0.25) is 0 Å². The van der Waals surface area contributed by atoms with Crippen molar-refractivity contribution in [3.63, 3.8) is 0 Å². The number of alkyl halides is 1. The van der Waals surface area contributed by atoms with Crippen molar-refractivity contribution in [1.29, 1.82) is 0 Å². The lowest BCUT2D eigenvalue weighted by atomic mass is 10.1. The fraction of sp³-hybridized carbons (Fsp3) is 0.267. The molecule has 1 aliphatic rings. The van der Waals surface area contributed by atoms with Crippen LogP contribution in [0.5, 0.6) is 5.75 Å². The SMILES string of the molecule is Br.C=CCc1cc(F)ccc1OCCCN1C=CN(C(Cl)C(OCc2ccc(Cl)cc2Cl)c2ccc(Cl)cc2)C1. The smallest absolute Gasteiger partial charge is 0.135 e. The summed E-state index contributed by atoms with van der Waals surface area (Å²) in [6, 6.07) is 17.3. The topological polar surface area (TPSA) is 24.9 Å². The second-order valence-corrected chi connectivity index (χ2v) is 10.8. The van der Waals surface area contributed by atoms with Gasteiger partial charge in [-0.15, -0.1) is 23.6 Å². The molecule has 0 radical (unpaired) electrons. The molecule has 3 aromatic carbocycles. The maximum absolute atomic E-state index is 13.6. The van der Waals surface area contributed by atoms with Gasteiger partial charge >= 0.3 is 0 Å². The van der Waals surface area contributed by atoms with Gasteiger partial charge in [-0.05, 0) is 66.4 Å². The Bertz CT molecular complexity index is 1300. The van der Waals surface area contributed by atoms with E-state index in [4.69, 9.17) is 55.9 Å². The summed E-state index contributed by atoms with van der Waals surface area (Å²) in [6.07, 6.45) is 6.58. The third kappa shape index (κ3) is 9.04. The molecule has 4 nitrogen and oxygen atoms in total. The lowest BCUT2D eigenvalue weighted by Gasteiger charge is -2.31. The van der Waals surface area contributed by atoms with Crippen molar-refractivity contribution < 1.29 is 13.9 Å².